The molecule has 0 aromatic carbocycles. The quantitative estimate of drug-likeness (QED) is 0.815. The monoisotopic (exact) mass is 240 g/mol. The van der Waals surface area contributed by atoms with Crippen LogP contribution in [-0.4, -0.2) is 37.1 Å². The highest BCUT2D eigenvalue weighted by Crippen LogP contribution is 2.28. The lowest BCUT2D eigenvalue weighted by Gasteiger charge is -2.27. The maximum absolute atomic E-state index is 3.63. The molecule has 2 rings (SSSR count). The second-order valence-electron chi connectivity index (χ2n) is 5.96. The summed E-state index contributed by atoms with van der Waals surface area (Å²) in [7, 11) is 2.31. The van der Waals surface area contributed by atoms with E-state index in [9.17, 15) is 0 Å². The van der Waals surface area contributed by atoms with Gasteiger partial charge in [0.1, 0.15) is 0 Å². The van der Waals surface area contributed by atoms with Gasteiger partial charge in [0, 0.05) is 18.6 Å². The van der Waals surface area contributed by atoms with Gasteiger partial charge in [0.2, 0.25) is 0 Å². The molecule has 1 saturated carbocycles. The first-order valence-electron chi connectivity index (χ1n) is 7.58. The minimum Gasteiger partial charge on any atom is -0.312 e. The van der Waals surface area contributed by atoms with E-state index < -0.39 is 0 Å². The van der Waals surface area contributed by atoms with Gasteiger partial charge in [0.05, 0.1) is 0 Å². The minimum atomic E-state index is 0.751. The van der Waals surface area contributed by atoms with Gasteiger partial charge in [-0.1, -0.05) is 27.7 Å². The van der Waals surface area contributed by atoms with Crippen molar-refractivity contribution in [2.45, 2.75) is 65.5 Å². The van der Waals surface area contributed by atoms with Crippen molar-refractivity contribution in [3.63, 3.8) is 0 Å². The van der Waals surface area contributed by atoms with Crippen LogP contribution in [0.4, 0.5) is 0 Å². The third kappa shape index (κ3) is 4.59. The van der Waals surface area contributed by atoms with Crippen molar-refractivity contribution in [2.75, 3.05) is 20.1 Å². The molecule has 2 nitrogen and oxygen atoms in total. The van der Waals surface area contributed by atoms with E-state index in [-0.39, 0.29) is 0 Å². The third-order valence-electron chi connectivity index (χ3n) is 4.24. The lowest BCUT2D eigenvalue weighted by atomic mass is 10.1. The molecule has 2 fully saturated rings. The van der Waals surface area contributed by atoms with Crippen molar-refractivity contribution in [2.24, 2.45) is 11.8 Å². The summed E-state index contributed by atoms with van der Waals surface area (Å²) in [6.45, 7) is 11.2. The third-order valence-corrected chi connectivity index (χ3v) is 4.24. The van der Waals surface area contributed by atoms with Gasteiger partial charge in [-0.15, -0.1) is 0 Å². The molecule has 0 amide bonds. The summed E-state index contributed by atoms with van der Waals surface area (Å²) in [5.74, 6) is 1.83. The summed E-state index contributed by atoms with van der Waals surface area (Å²) < 4.78 is 0. The number of rotatable bonds is 3. The van der Waals surface area contributed by atoms with Gasteiger partial charge >= 0.3 is 0 Å². The Morgan fingerprint density at radius 3 is 2.24 bits per heavy atom. The van der Waals surface area contributed by atoms with Crippen LogP contribution in [0.2, 0.25) is 0 Å². The fourth-order valence-corrected chi connectivity index (χ4v) is 3.23. The fraction of sp³-hybridized carbons (Fsp3) is 1.00. The zero-order valence-electron chi connectivity index (χ0n) is 12.5. The highest BCUT2D eigenvalue weighted by atomic mass is 15.2. The molecule has 0 aromatic rings. The molecule has 1 N–H and O–H groups in total. The summed E-state index contributed by atoms with van der Waals surface area (Å²) in [4.78, 5) is 2.60. The lowest BCUT2D eigenvalue weighted by Crippen LogP contribution is -2.40. The number of hydrogen-bond acceptors (Lipinski definition) is 2. The molecular weight excluding hydrogens is 208 g/mol. The molecule has 4 unspecified atom stereocenters. The zero-order valence-corrected chi connectivity index (χ0v) is 12.5. The van der Waals surface area contributed by atoms with Crippen LogP contribution in [0.25, 0.3) is 0 Å². The number of likely N-dealkylation sites (N-methyl/N-ethyl adjacent to an activating group) is 1. The van der Waals surface area contributed by atoms with Gasteiger partial charge in [0.15, 0.2) is 0 Å². The maximum Gasteiger partial charge on any atom is 0.0198 e. The second-order valence-corrected chi connectivity index (χ2v) is 5.96. The van der Waals surface area contributed by atoms with Crippen molar-refractivity contribution >= 4 is 0 Å². The minimum absolute atomic E-state index is 0.751. The molecule has 1 saturated heterocycles. The van der Waals surface area contributed by atoms with Crippen LogP contribution in [0.15, 0.2) is 0 Å². The fourth-order valence-electron chi connectivity index (χ4n) is 3.23. The number of hydrogen-bond donors (Lipinski definition) is 1. The molecule has 2 aliphatic rings. The van der Waals surface area contributed by atoms with E-state index in [1.165, 1.54) is 38.8 Å². The highest BCUT2D eigenvalue weighted by molar-refractivity contribution is 4.85. The Kier molecular flexibility index (Phi) is 6.50. The molecule has 0 radical (unpaired) electrons. The standard InChI is InChI=1S/C13H26N2.C2H6/c1-10-4-5-13(7-10)15(3)9-12-6-11(2)8-14-12;1-2/h10-14H,4-9H2,1-3H3;1-2H3. The summed E-state index contributed by atoms with van der Waals surface area (Å²) in [5, 5.41) is 3.63. The molecule has 0 aromatic heterocycles. The largest absolute Gasteiger partial charge is 0.312 e. The highest BCUT2D eigenvalue weighted by Gasteiger charge is 2.28. The average Bonchev–Trinajstić information content (AvgIpc) is 2.91. The number of nitrogens with zero attached hydrogens (tertiary/aromatic N) is 1. The molecule has 17 heavy (non-hydrogen) atoms. The number of nitrogens with one attached hydrogen (secondary N) is 1. The predicted molar refractivity (Wildman–Crippen MR) is 76.4 cm³/mol. The Morgan fingerprint density at radius 2 is 1.76 bits per heavy atom. The smallest absolute Gasteiger partial charge is 0.0198 e. The molecule has 1 aliphatic heterocycles. The molecule has 2 heteroatoms. The first-order valence-corrected chi connectivity index (χ1v) is 7.58. The van der Waals surface area contributed by atoms with Crippen molar-refractivity contribution < 1.29 is 0 Å². The Labute approximate surface area is 108 Å². The Morgan fingerprint density at radius 1 is 1.06 bits per heavy atom. The van der Waals surface area contributed by atoms with Gasteiger partial charge in [-0.05, 0) is 51.1 Å². The Hall–Kier alpha value is -0.0800. The summed E-state index contributed by atoms with van der Waals surface area (Å²) in [6, 6.07) is 1.61. The van der Waals surface area contributed by atoms with Crippen molar-refractivity contribution in [1.82, 2.24) is 10.2 Å². The van der Waals surface area contributed by atoms with Crippen molar-refractivity contribution in [3.8, 4) is 0 Å². The molecular formula is C15H32N2. The van der Waals surface area contributed by atoms with E-state index in [2.05, 4.69) is 31.1 Å². The first-order chi connectivity index (χ1) is 8.15. The van der Waals surface area contributed by atoms with Gasteiger partial charge < -0.3 is 10.2 Å². The van der Waals surface area contributed by atoms with E-state index in [0.717, 1.165) is 23.9 Å². The van der Waals surface area contributed by atoms with Crippen LogP contribution in [0.1, 0.15) is 53.4 Å². The summed E-state index contributed by atoms with van der Waals surface area (Å²) >= 11 is 0. The molecule has 1 aliphatic carbocycles. The van der Waals surface area contributed by atoms with Crippen LogP contribution in [0, 0.1) is 11.8 Å². The maximum atomic E-state index is 3.63. The van der Waals surface area contributed by atoms with Crippen LogP contribution in [0.3, 0.4) is 0 Å². The second kappa shape index (κ2) is 7.38. The van der Waals surface area contributed by atoms with E-state index in [1.54, 1.807) is 0 Å². The van der Waals surface area contributed by atoms with E-state index in [1.807, 2.05) is 13.8 Å². The molecule has 1 heterocycles. The molecule has 0 spiro atoms. The van der Waals surface area contributed by atoms with Gasteiger partial charge in [-0.25, -0.2) is 0 Å². The Balaban J connectivity index is 0.000000686. The Bertz CT molecular complexity index is 205. The van der Waals surface area contributed by atoms with Crippen LogP contribution in [0.5, 0.6) is 0 Å². The van der Waals surface area contributed by atoms with E-state index in [4.69, 9.17) is 0 Å². The van der Waals surface area contributed by atoms with Gasteiger partial charge in [-0.3, -0.25) is 0 Å². The summed E-state index contributed by atoms with van der Waals surface area (Å²) in [6.07, 6.45) is 5.63. The van der Waals surface area contributed by atoms with Gasteiger partial charge in [-0.2, -0.15) is 0 Å². The van der Waals surface area contributed by atoms with Crippen molar-refractivity contribution in [1.29, 1.82) is 0 Å². The normalized spacial score (nSPS) is 37.1. The first kappa shape index (κ1) is 15.0. The topological polar surface area (TPSA) is 15.3 Å². The van der Waals surface area contributed by atoms with Crippen LogP contribution >= 0.6 is 0 Å². The van der Waals surface area contributed by atoms with Crippen LogP contribution < -0.4 is 5.32 Å². The zero-order chi connectivity index (χ0) is 12.8. The van der Waals surface area contributed by atoms with Crippen molar-refractivity contribution in [3.05, 3.63) is 0 Å². The molecule has 102 valence electrons. The molecule has 0 bridgehead atoms. The lowest BCUT2D eigenvalue weighted by molar-refractivity contribution is 0.220. The summed E-state index contributed by atoms with van der Waals surface area (Å²) in [5.41, 5.74) is 0. The van der Waals surface area contributed by atoms with Gasteiger partial charge in [0.25, 0.3) is 0 Å². The van der Waals surface area contributed by atoms with E-state index >= 15 is 0 Å². The van der Waals surface area contributed by atoms with E-state index in [0.29, 0.717) is 0 Å². The SMILES string of the molecule is CC.CC1CNC(CN(C)C2CCC(C)C2)C1. The predicted octanol–water partition coefficient (Wildman–Crippen LogP) is 3.13. The van der Waals surface area contributed by atoms with Crippen LogP contribution in [-0.2, 0) is 0 Å². The average molecular weight is 240 g/mol. The molecule has 4 atom stereocenters.